The standard InChI is InChI=1S/C27H32N4O4S/c1-3-26-28-18-27(30-26)36(32,33)31-13-6-7-15-35-25-17-19(10-11-24(25)34-2)16-23-21(12-14-31)20-8-4-5-9-22(20)29-23/h4-5,8-11,17-18,29H,3,6-7,12-16H2,1-2H3,(H,28,30). The van der Waals surface area contributed by atoms with Crippen LogP contribution < -0.4 is 9.47 Å². The van der Waals surface area contributed by atoms with Crippen molar-refractivity contribution in [2.45, 2.75) is 44.1 Å². The highest BCUT2D eigenvalue weighted by molar-refractivity contribution is 7.89. The predicted molar refractivity (Wildman–Crippen MR) is 139 cm³/mol. The summed E-state index contributed by atoms with van der Waals surface area (Å²) < 4.78 is 40.3. The molecule has 36 heavy (non-hydrogen) atoms. The summed E-state index contributed by atoms with van der Waals surface area (Å²) in [6, 6.07) is 14.2. The zero-order chi connectivity index (χ0) is 25.1. The van der Waals surface area contributed by atoms with Crippen LogP contribution in [-0.2, 0) is 29.3 Å². The van der Waals surface area contributed by atoms with Crippen molar-refractivity contribution >= 4 is 20.9 Å². The Balaban J connectivity index is 1.53. The highest BCUT2D eigenvalue weighted by Gasteiger charge is 2.27. The SMILES string of the molecule is CCc1ncc(S(=O)(=O)N2CCCCOc3cc(ccc3OC)Cc3[nH]c4ccccc4c3CC2)[nH]1. The molecule has 0 saturated carbocycles. The summed E-state index contributed by atoms with van der Waals surface area (Å²) in [7, 11) is -2.07. The molecule has 0 saturated heterocycles. The van der Waals surface area contributed by atoms with Crippen LogP contribution in [0.1, 0.15) is 42.4 Å². The molecule has 2 aromatic carbocycles. The van der Waals surface area contributed by atoms with Gasteiger partial charge in [-0.3, -0.25) is 0 Å². The third kappa shape index (κ3) is 4.85. The quantitative estimate of drug-likeness (QED) is 0.424. The Bertz CT molecular complexity index is 1460. The average molecular weight is 509 g/mol. The molecule has 1 aliphatic rings. The van der Waals surface area contributed by atoms with Crippen molar-refractivity contribution in [3.05, 3.63) is 71.3 Å². The Morgan fingerprint density at radius 3 is 2.78 bits per heavy atom. The molecular formula is C27H32N4O4S. The number of nitrogens with one attached hydrogen (secondary N) is 2. The summed E-state index contributed by atoms with van der Waals surface area (Å²) >= 11 is 0. The number of hydrogen-bond donors (Lipinski definition) is 2. The Morgan fingerprint density at radius 2 is 1.97 bits per heavy atom. The van der Waals surface area contributed by atoms with Gasteiger partial charge in [0.2, 0.25) is 0 Å². The minimum Gasteiger partial charge on any atom is -0.493 e. The van der Waals surface area contributed by atoms with Crippen LogP contribution in [-0.4, -0.2) is 54.5 Å². The number of aromatic amines is 2. The molecule has 2 aromatic heterocycles. The van der Waals surface area contributed by atoms with Gasteiger partial charge in [-0.05, 0) is 48.6 Å². The molecule has 3 heterocycles. The van der Waals surface area contributed by atoms with Gasteiger partial charge in [0, 0.05) is 42.5 Å². The van der Waals surface area contributed by atoms with Crippen LogP contribution in [0, 0.1) is 0 Å². The smallest absolute Gasteiger partial charge is 0.260 e. The average Bonchev–Trinajstić information content (AvgIpc) is 3.50. The van der Waals surface area contributed by atoms with Crippen LogP contribution in [0.5, 0.6) is 11.5 Å². The zero-order valence-corrected chi connectivity index (χ0v) is 21.5. The minimum absolute atomic E-state index is 0.149. The fourth-order valence-electron chi connectivity index (χ4n) is 4.79. The first-order valence-electron chi connectivity index (χ1n) is 12.4. The van der Waals surface area contributed by atoms with E-state index in [2.05, 4.69) is 27.1 Å². The molecule has 0 fully saturated rings. The largest absolute Gasteiger partial charge is 0.493 e. The topological polar surface area (TPSA) is 100 Å². The molecule has 0 amide bonds. The molecule has 190 valence electrons. The first-order valence-corrected chi connectivity index (χ1v) is 13.9. The van der Waals surface area contributed by atoms with Crippen LogP contribution in [0.3, 0.4) is 0 Å². The van der Waals surface area contributed by atoms with Crippen molar-refractivity contribution in [3.8, 4) is 11.5 Å². The molecule has 9 heteroatoms. The predicted octanol–water partition coefficient (Wildman–Crippen LogP) is 4.46. The summed E-state index contributed by atoms with van der Waals surface area (Å²) in [6.45, 7) is 3.21. The second-order valence-electron chi connectivity index (χ2n) is 9.05. The third-order valence-corrected chi connectivity index (χ3v) is 8.55. The number of ether oxygens (including phenoxy) is 2. The van der Waals surface area contributed by atoms with E-state index in [1.165, 1.54) is 6.20 Å². The van der Waals surface area contributed by atoms with Gasteiger partial charge < -0.3 is 19.4 Å². The lowest BCUT2D eigenvalue weighted by Crippen LogP contribution is -2.34. The van der Waals surface area contributed by atoms with Gasteiger partial charge in [0.1, 0.15) is 5.82 Å². The van der Waals surface area contributed by atoms with Crippen molar-refractivity contribution < 1.29 is 17.9 Å². The van der Waals surface area contributed by atoms with Crippen LogP contribution >= 0.6 is 0 Å². The molecule has 1 aliphatic heterocycles. The van der Waals surface area contributed by atoms with Crippen molar-refractivity contribution in [1.82, 2.24) is 19.3 Å². The number of rotatable bonds is 4. The fraction of sp³-hybridized carbons (Fsp3) is 0.370. The molecule has 0 atom stereocenters. The second kappa shape index (κ2) is 10.4. The number of nitrogens with zero attached hydrogens (tertiary/aromatic N) is 2. The number of hydrogen-bond acceptors (Lipinski definition) is 5. The molecular weight excluding hydrogens is 476 g/mol. The lowest BCUT2D eigenvalue weighted by molar-refractivity contribution is 0.279. The highest BCUT2D eigenvalue weighted by Crippen LogP contribution is 2.31. The van der Waals surface area contributed by atoms with Crippen molar-refractivity contribution in [2.75, 3.05) is 26.8 Å². The maximum Gasteiger partial charge on any atom is 0.260 e. The van der Waals surface area contributed by atoms with E-state index in [1.54, 1.807) is 11.4 Å². The van der Waals surface area contributed by atoms with Crippen LogP contribution in [0.2, 0.25) is 0 Å². The second-order valence-corrected chi connectivity index (χ2v) is 11.0. The van der Waals surface area contributed by atoms with E-state index in [-0.39, 0.29) is 5.03 Å². The Labute approximate surface area is 211 Å². The molecule has 0 spiro atoms. The van der Waals surface area contributed by atoms with Gasteiger partial charge in [0.25, 0.3) is 10.0 Å². The Hall–Kier alpha value is -3.30. The van der Waals surface area contributed by atoms with Gasteiger partial charge in [-0.2, -0.15) is 4.31 Å². The fourth-order valence-corrected chi connectivity index (χ4v) is 6.21. The van der Waals surface area contributed by atoms with E-state index < -0.39 is 10.0 Å². The van der Waals surface area contributed by atoms with E-state index in [0.717, 1.165) is 34.1 Å². The maximum atomic E-state index is 13.6. The van der Waals surface area contributed by atoms with Crippen LogP contribution in [0.15, 0.2) is 53.7 Å². The van der Waals surface area contributed by atoms with Gasteiger partial charge in [-0.25, -0.2) is 13.4 Å². The summed E-state index contributed by atoms with van der Waals surface area (Å²) in [6.07, 6.45) is 4.76. The van der Waals surface area contributed by atoms with Gasteiger partial charge in [-0.15, -0.1) is 0 Å². The van der Waals surface area contributed by atoms with E-state index in [9.17, 15) is 8.42 Å². The Morgan fingerprint density at radius 1 is 1.11 bits per heavy atom. The number of methoxy groups -OCH3 is 1. The first-order chi connectivity index (χ1) is 17.5. The minimum atomic E-state index is -3.71. The lowest BCUT2D eigenvalue weighted by Gasteiger charge is -2.22. The summed E-state index contributed by atoms with van der Waals surface area (Å²) in [5, 5.41) is 1.27. The molecule has 2 bridgehead atoms. The molecule has 2 N–H and O–H groups in total. The normalized spacial score (nSPS) is 15.7. The zero-order valence-electron chi connectivity index (χ0n) is 20.7. The molecule has 8 nitrogen and oxygen atoms in total. The van der Waals surface area contributed by atoms with Crippen molar-refractivity contribution in [2.24, 2.45) is 0 Å². The first kappa shape index (κ1) is 24.4. The number of para-hydroxylation sites is 1. The van der Waals surface area contributed by atoms with E-state index in [4.69, 9.17) is 9.47 Å². The van der Waals surface area contributed by atoms with Crippen LogP contribution in [0.25, 0.3) is 10.9 Å². The summed E-state index contributed by atoms with van der Waals surface area (Å²) in [5.41, 5.74) is 4.37. The van der Waals surface area contributed by atoms with E-state index >= 15 is 0 Å². The number of aromatic nitrogens is 3. The number of benzene rings is 2. The molecule has 0 unspecified atom stereocenters. The highest BCUT2D eigenvalue weighted by atomic mass is 32.2. The number of fused-ring (bicyclic) bond motifs is 5. The monoisotopic (exact) mass is 508 g/mol. The molecule has 0 radical (unpaired) electrons. The van der Waals surface area contributed by atoms with Gasteiger partial charge >= 0.3 is 0 Å². The number of sulfonamides is 1. The third-order valence-electron chi connectivity index (χ3n) is 6.74. The summed E-state index contributed by atoms with van der Waals surface area (Å²) in [5.74, 6) is 2.06. The number of aryl methyl sites for hydroxylation is 1. The molecule has 5 rings (SSSR count). The van der Waals surface area contributed by atoms with E-state index in [0.29, 0.717) is 62.7 Å². The lowest BCUT2D eigenvalue weighted by atomic mass is 10.0. The molecule has 4 aromatic rings. The van der Waals surface area contributed by atoms with Crippen molar-refractivity contribution in [1.29, 1.82) is 0 Å². The van der Waals surface area contributed by atoms with Gasteiger partial charge in [-0.1, -0.05) is 31.2 Å². The maximum absolute atomic E-state index is 13.6. The number of H-pyrrole nitrogens is 2. The van der Waals surface area contributed by atoms with Gasteiger partial charge in [0.05, 0.1) is 19.9 Å². The van der Waals surface area contributed by atoms with Crippen molar-refractivity contribution in [3.63, 3.8) is 0 Å². The molecule has 0 aliphatic carbocycles. The van der Waals surface area contributed by atoms with E-state index in [1.807, 2.05) is 37.3 Å². The van der Waals surface area contributed by atoms with Gasteiger partial charge in [0.15, 0.2) is 16.5 Å². The van der Waals surface area contributed by atoms with Crippen LogP contribution in [0.4, 0.5) is 0 Å². The number of imidazole rings is 1. The Kier molecular flexibility index (Phi) is 7.02. The summed E-state index contributed by atoms with van der Waals surface area (Å²) in [4.78, 5) is 10.8.